The SMILES string of the molecule is C1=Cc2c(n(-c3ccc(-c4ccccc4)cc3)c3ccc(-c4ccc5c6ccccc6n(-c6cc(-c7ccccc7)nc(-c7ccccc7)c6)c5c4)cc23)CC1. The van der Waals surface area contributed by atoms with Gasteiger partial charge in [0, 0.05) is 44.2 Å². The zero-order chi connectivity index (χ0) is 37.0. The Morgan fingerprint density at radius 1 is 0.375 bits per heavy atom. The standard InChI is InChI=1S/C53H37N3/c1-4-14-36(15-5-1)37-24-28-42(29-25-37)55-51-23-13-11-21-45(51)47-32-40(27-31-52(47)55)41-26-30-46-44-20-10-12-22-50(44)56(53(46)33-41)43-34-48(38-16-6-2-7-17-38)54-49(35-43)39-18-8-3-9-19-39/h1-12,14-22,24-35H,13,23H2. The maximum atomic E-state index is 5.19. The van der Waals surface area contributed by atoms with E-state index in [0.717, 1.165) is 41.0 Å². The molecule has 0 aliphatic heterocycles. The van der Waals surface area contributed by atoms with Crippen molar-refractivity contribution >= 4 is 38.8 Å². The largest absolute Gasteiger partial charge is 0.313 e. The Labute approximate surface area is 326 Å². The summed E-state index contributed by atoms with van der Waals surface area (Å²) in [5.41, 5.74) is 17.5. The van der Waals surface area contributed by atoms with Gasteiger partial charge in [-0.1, -0.05) is 152 Å². The average Bonchev–Trinajstić information content (AvgIpc) is 3.79. The Kier molecular flexibility index (Phi) is 7.63. The van der Waals surface area contributed by atoms with Crippen molar-refractivity contribution in [2.24, 2.45) is 0 Å². The van der Waals surface area contributed by atoms with Crippen molar-refractivity contribution in [3.63, 3.8) is 0 Å². The molecule has 264 valence electrons. The van der Waals surface area contributed by atoms with Crippen molar-refractivity contribution < 1.29 is 0 Å². The molecule has 0 fully saturated rings. The molecule has 0 atom stereocenters. The molecular formula is C53H37N3. The maximum Gasteiger partial charge on any atom is 0.0730 e. The number of fused-ring (bicyclic) bond motifs is 6. The first-order chi connectivity index (χ1) is 27.8. The summed E-state index contributed by atoms with van der Waals surface area (Å²) in [4.78, 5) is 5.19. The number of rotatable bonds is 6. The fraction of sp³-hybridized carbons (Fsp3) is 0.0377. The van der Waals surface area contributed by atoms with Crippen molar-refractivity contribution in [3.05, 3.63) is 205 Å². The summed E-state index contributed by atoms with van der Waals surface area (Å²) >= 11 is 0. The van der Waals surface area contributed by atoms with Gasteiger partial charge in [-0.3, -0.25) is 0 Å². The van der Waals surface area contributed by atoms with Gasteiger partial charge in [-0.2, -0.15) is 0 Å². The molecule has 3 aromatic heterocycles. The maximum absolute atomic E-state index is 5.19. The van der Waals surface area contributed by atoms with Crippen LogP contribution in [-0.2, 0) is 6.42 Å². The molecule has 7 aromatic carbocycles. The van der Waals surface area contributed by atoms with Gasteiger partial charge in [-0.25, -0.2) is 4.98 Å². The van der Waals surface area contributed by atoms with Gasteiger partial charge in [0.25, 0.3) is 0 Å². The van der Waals surface area contributed by atoms with Crippen molar-refractivity contribution in [3.8, 4) is 56.1 Å². The van der Waals surface area contributed by atoms with E-state index in [1.165, 1.54) is 71.9 Å². The number of hydrogen-bond acceptors (Lipinski definition) is 1. The van der Waals surface area contributed by atoms with Crippen molar-refractivity contribution in [2.45, 2.75) is 12.8 Å². The summed E-state index contributed by atoms with van der Waals surface area (Å²) in [5, 5.41) is 3.75. The number of allylic oxidation sites excluding steroid dienone is 1. The number of aromatic nitrogens is 3. The molecule has 0 N–H and O–H groups in total. The third-order valence-electron chi connectivity index (χ3n) is 11.4. The predicted octanol–water partition coefficient (Wildman–Crippen LogP) is 13.7. The van der Waals surface area contributed by atoms with E-state index in [9.17, 15) is 0 Å². The van der Waals surface area contributed by atoms with Gasteiger partial charge >= 0.3 is 0 Å². The van der Waals surface area contributed by atoms with Gasteiger partial charge in [0.1, 0.15) is 0 Å². The molecule has 0 radical (unpaired) electrons. The topological polar surface area (TPSA) is 22.8 Å². The van der Waals surface area contributed by atoms with E-state index < -0.39 is 0 Å². The predicted molar refractivity (Wildman–Crippen MR) is 235 cm³/mol. The molecule has 3 heteroatoms. The van der Waals surface area contributed by atoms with E-state index in [1.54, 1.807) is 0 Å². The Morgan fingerprint density at radius 2 is 0.929 bits per heavy atom. The van der Waals surface area contributed by atoms with Gasteiger partial charge in [-0.05, 0) is 83.6 Å². The zero-order valence-corrected chi connectivity index (χ0v) is 30.8. The molecule has 0 bridgehead atoms. The van der Waals surface area contributed by atoms with Gasteiger partial charge < -0.3 is 9.13 Å². The molecule has 11 rings (SSSR count). The van der Waals surface area contributed by atoms with Crippen LogP contribution in [0.5, 0.6) is 0 Å². The first-order valence-corrected chi connectivity index (χ1v) is 19.4. The summed E-state index contributed by atoms with van der Waals surface area (Å²) in [7, 11) is 0. The molecule has 10 aromatic rings. The normalized spacial score (nSPS) is 12.4. The molecule has 56 heavy (non-hydrogen) atoms. The van der Waals surface area contributed by atoms with Crippen LogP contribution in [-0.4, -0.2) is 14.1 Å². The second-order valence-electron chi connectivity index (χ2n) is 14.7. The Morgan fingerprint density at radius 3 is 1.64 bits per heavy atom. The lowest BCUT2D eigenvalue weighted by Gasteiger charge is -2.14. The molecule has 3 nitrogen and oxygen atoms in total. The third-order valence-corrected chi connectivity index (χ3v) is 11.4. The highest BCUT2D eigenvalue weighted by Crippen LogP contribution is 2.40. The summed E-state index contributed by atoms with van der Waals surface area (Å²) in [6.45, 7) is 0. The van der Waals surface area contributed by atoms with Crippen LogP contribution >= 0.6 is 0 Å². The van der Waals surface area contributed by atoms with Crippen LogP contribution in [0.2, 0.25) is 0 Å². The van der Waals surface area contributed by atoms with Gasteiger partial charge in [0.15, 0.2) is 0 Å². The van der Waals surface area contributed by atoms with Crippen LogP contribution in [0, 0.1) is 0 Å². The van der Waals surface area contributed by atoms with E-state index >= 15 is 0 Å². The fourth-order valence-electron chi connectivity index (χ4n) is 8.72. The van der Waals surface area contributed by atoms with Crippen molar-refractivity contribution in [2.75, 3.05) is 0 Å². The zero-order valence-electron chi connectivity index (χ0n) is 30.8. The van der Waals surface area contributed by atoms with Gasteiger partial charge in [0.2, 0.25) is 0 Å². The quantitative estimate of drug-likeness (QED) is 0.168. The smallest absolute Gasteiger partial charge is 0.0730 e. The minimum absolute atomic E-state index is 0.950. The molecule has 3 heterocycles. The van der Waals surface area contributed by atoms with Gasteiger partial charge in [-0.15, -0.1) is 0 Å². The highest BCUT2D eigenvalue weighted by Gasteiger charge is 2.21. The van der Waals surface area contributed by atoms with E-state index in [2.05, 4.69) is 209 Å². The molecule has 0 spiro atoms. The van der Waals surface area contributed by atoms with Gasteiger partial charge in [0.05, 0.1) is 33.6 Å². The lowest BCUT2D eigenvalue weighted by Crippen LogP contribution is -2.02. The van der Waals surface area contributed by atoms with Crippen LogP contribution in [0.25, 0.3) is 94.9 Å². The molecule has 0 saturated heterocycles. The average molecular weight is 716 g/mol. The second kappa shape index (κ2) is 13.3. The molecule has 0 amide bonds. The van der Waals surface area contributed by atoms with E-state index in [0.29, 0.717) is 0 Å². The monoisotopic (exact) mass is 715 g/mol. The van der Waals surface area contributed by atoms with E-state index in [-0.39, 0.29) is 0 Å². The minimum Gasteiger partial charge on any atom is -0.313 e. The Hall–Kier alpha value is -7.23. The van der Waals surface area contributed by atoms with Crippen LogP contribution in [0.3, 0.4) is 0 Å². The molecule has 1 aliphatic carbocycles. The summed E-state index contributed by atoms with van der Waals surface area (Å²) in [6, 6.07) is 67.9. The van der Waals surface area contributed by atoms with Crippen LogP contribution in [0.1, 0.15) is 17.7 Å². The Bertz CT molecular complexity index is 3040. The summed E-state index contributed by atoms with van der Waals surface area (Å²) in [6.07, 6.45) is 6.72. The summed E-state index contributed by atoms with van der Waals surface area (Å²) < 4.78 is 4.90. The van der Waals surface area contributed by atoms with Crippen LogP contribution < -0.4 is 0 Å². The number of nitrogens with zero attached hydrogens (tertiary/aromatic N) is 3. The number of para-hydroxylation sites is 1. The van der Waals surface area contributed by atoms with Crippen molar-refractivity contribution in [1.29, 1.82) is 0 Å². The molecule has 0 unspecified atom stereocenters. The van der Waals surface area contributed by atoms with E-state index in [4.69, 9.17) is 4.98 Å². The highest BCUT2D eigenvalue weighted by atomic mass is 15.0. The lowest BCUT2D eigenvalue weighted by molar-refractivity contribution is 0.888. The highest BCUT2D eigenvalue weighted by molar-refractivity contribution is 6.10. The summed E-state index contributed by atoms with van der Waals surface area (Å²) in [5.74, 6) is 0. The minimum atomic E-state index is 0.950. The molecule has 0 saturated carbocycles. The molecule has 1 aliphatic rings. The first-order valence-electron chi connectivity index (χ1n) is 19.4. The Balaban J connectivity index is 1.08. The number of benzene rings is 7. The first kappa shape index (κ1) is 32.2. The fourth-order valence-corrected chi connectivity index (χ4v) is 8.72. The van der Waals surface area contributed by atoms with Crippen LogP contribution in [0.4, 0.5) is 0 Å². The van der Waals surface area contributed by atoms with E-state index in [1.807, 2.05) is 0 Å². The number of pyridine rings is 1. The third kappa shape index (κ3) is 5.39. The number of hydrogen-bond donors (Lipinski definition) is 0. The second-order valence-corrected chi connectivity index (χ2v) is 14.7. The van der Waals surface area contributed by atoms with Crippen LogP contribution in [0.15, 0.2) is 194 Å². The van der Waals surface area contributed by atoms with Crippen molar-refractivity contribution in [1.82, 2.24) is 14.1 Å². The molecular weight excluding hydrogens is 679 g/mol. The lowest BCUT2D eigenvalue weighted by atomic mass is 9.98.